The molecule has 5 nitrogen and oxygen atoms in total. The van der Waals surface area contributed by atoms with Crippen molar-refractivity contribution >= 4 is 5.82 Å². The monoisotopic (exact) mass is 298 g/mol. The molecule has 0 radical (unpaired) electrons. The smallest absolute Gasteiger partial charge is 0.253 e. The summed E-state index contributed by atoms with van der Waals surface area (Å²) >= 11 is 0. The molecule has 116 valence electrons. The quantitative estimate of drug-likeness (QED) is 0.855. The summed E-state index contributed by atoms with van der Waals surface area (Å²) in [6, 6.07) is 2.00. The van der Waals surface area contributed by atoms with Crippen molar-refractivity contribution in [2.24, 2.45) is 0 Å². The van der Waals surface area contributed by atoms with E-state index in [-0.39, 0.29) is 5.56 Å². The van der Waals surface area contributed by atoms with Gasteiger partial charge in [0.2, 0.25) is 0 Å². The molecule has 0 saturated heterocycles. The fraction of sp³-hybridized carbons (Fsp3) is 0.471. The zero-order valence-electron chi connectivity index (χ0n) is 13.2. The van der Waals surface area contributed by atoms with Crippen molar-refractivity contribution < 1.29 is 0 Å². The zero-order chi connectivity index (χ0) is 15.5. The standard InChI is InChI=1S/C17H22N4O/c1-11-8-12(2)21-17(22)14(11)9-18-16-13-6-4-3-5-7-15(13)19-10-20-16/h8,10H,3-7,9H2,1-2H3,(H,21,22)(H,18,19,20). The Morgan fingerprint density at radius 2 is 2.00 bits per heavy atom. The second-order valence-electron chi connectivity index (χ2n) is 6.00. The normalized spacial score (nSPS) is 14.3. The van der Waals surface area contributed by atoms with Crippen LogP contribution in [0, 0.1) is 13.8 Å². The lowest BCUT2D eigenvalue weighted by atomic mass is 10.1. The highest BCUT2D eigenvalue weighted by Gasteiger charge is 2.14. The summed E-state index contributed by atoms with van der Waals surface area (Å²) in [5.41, 5.74) is 5.03. The fourth-order valence-electron chi connectivity index (χ4n) is 3.12. The van der Waals surface area contributed by atoms with E-state index in [2.05, 4.69) is 20.3 Å². The Bertz CT molecular complexity index is 736. The number of pyridine rings is 1. The lowest BCUT2D eigenvalue weighted by molar-refractivity contribution is 0.708. The maximum absolute atomic E-state index is 12.1. The molecule has 2 N–H and O–H groups in total. The molecule has 0 unspecified atom stereocenters. The van der Waals surface area contributed by atoms with Crippen molar-refractivity contribution in [2.75, 3.05) is 5.32 Å². The minimum absolute atomic E-state index is 0.0230. The van der Waals surface area contributed by atoms with Gasteiger partial charge in [0.1, 0.15) is 12.1 Å². The summed E-state index contributed by atoms with van der Waals surface area (Å²) in [5.74, 6) is 0.881. The van der Waals surface area contributed by atoms with E-state index in [0.29, 0.717) is 6.54 Å². The summed E-state index contributed by atoms with van der Waals surface area (Å²) in [7, 11) is 0. The van der Waals surface area contributed by atoms with Crippen LogP contribution < -0.4 is 10.9 Å². The number of aromatic amines is 1. The van der Waals surface area contributed by atoms with E-state index in [4.69, 9.17) is 0 Å². The van der Waals surface area contributed by atoms with Gasteiger partial charge in [0.15, 0.2) is 0 Å². The number of anilines is 1. The largest absolute Gasteiger partial charge is 0.365 e. The van der Waals surface area contributed by atoms with Crippen LogP contribution >= 0.6 is 0 Å². The van der Waals surface area contributed by atoms with Gasteiger partial charge in [0, 0.05) is 29.1 Å². The molecule has 0 fully saturated rings. The van der Waals surface area contributed by atoms with Gasteiger partial charge in [-0.1, -0.05) is 6.42 Å². The Kier molecular flexibility index (Phi) is 4.22. The molecule has 0 atom stereocenters. The Hall–Kier alpha value is -2.17. The van der Waals surface area contributed by atoms with Crippen molar-refractivity contribution in [1.82, 2.24) is 15.0 Å². The summed E-state index contributed by atoms with van der Waals surface area (Å²) in [4.78, 5) is 23.8. The third-order valence-electron chi connectivity index (χ3n) is 4.30. The number of rotatable bonds is 3. The van der Waals surface area contributed by atoms with Crippen LogP contribution in [0.15, 0.2) is 17.2 Å². The highest BCUT2D eigenvalue weighted by molar-refractivity contribution is 5.47. The van der Waals surface area contributed by atoms with Gasteiger partial charge in [0.05, 0.1) is 0 Å². The topological polar surface area (TPSA) is 70.7 Å². The van der Waals surface area contributed by atoms with Crippen molar-refractivity contribution in [3.8, 4) is 0 Å². The SMILES string of the molecule is Cc1cc(C)c(CNc2ncnc3c2CCCCC3)c(=O)[nH]1. The molecule has 3 rings (SSSR count). The van der Waals surface area contributed by atoms with E-state index in [1.54, 1.807) is 6.33 Å². The summed E-state index contributed by atoms with van der Waals surface area (Å²) in [6.07, 6.45) is 7.28. The minimum atomic E-state index is -0.0230. The van der Waals surface area contributed by atoms with Crippen LogP contribution in [0.5, 0.6) is 0 Å². The molecule has 2 heterocycles. The molecule has 2 aromatic rings. The number of hydrogen-bond acceptors (Lipinski definition) is 4. The van der Waals surface area contributed by atoms with Gasteiger partial charge < -0.3 is 10.3 Å². The molecule has 0 bridgehead atoms. The molecule has 1 aliphatic rings. The van der Waals surface area contributed by atoms with Crippen LogP contribution in [0.25, 0.3) is 0 Å². The highest BCUT2D eigenvalue weighted by Crippen LogP contribution is 2.24. The van der Waals surface area contributed by atoms with Crippen molar-refractivity contribution in [2.45, 2.75) is 52.5 Å². The first-order valence-electron chi connectivity index (χ1n) is 7.91. The second kappa shape index (κ2) is 6.30. The first-order chi connectivity index (χ1) is 10.6. The molecule has 0 saturated carbocycles. The number of hydrogen-bond donors (Lipinski definition) is 2. The molecule has 2 aromatic heterocycles. The molecule has 0 aromatic carbocycles. The Morgan fingerprint density at radius 1 is 1.18 bits per heavy atom. The van der Waals surface area contributed by atoms with Gasteiger partial charge in [-0.25, -0.2) is 9.97 Å². The minimum Gasteiger partial charge on any atom is -0.365 e. The van der Waals surface area contributed by atoms with Gasteiger partial charge in [-0.2, -0.15) is 0 Å². The van der Waals surface area contributed by atoms with E-state index in [1.165, 1.54) is 24.8 Å². The summed E-state index contributed by atoms with van der Waals surface area (Å²) < 4.78 is 0. The van der Waals surface area contributed by atoms with Crippen molar-refractivity contribution in [1.29, 1.82) is 0 Å². The number of aromatic nitrogens is 3. The van der Waals surface area contributed by atoms with Crippen LogP contribution in [0.4, 0.5) is 5.82 Å². The molecule has 1 aliphatic carbocycles. The molecular formula is C17H22N4O. The molecular weight excluding hydrogens is 276 g/mol. The predicted octanol–water partition coefficient (Wildman–Crippen LogP) is 2.66. The van der Waals surface area contributed by atoms with Crippen LogP contribution in [0.2, 0.25) is 0 Å². The first kappa shape index (κ1) is 14.8. The van der Waals surface area contributed by atoms with Gasteiger partial charge in [-0.05, 0) is 51.2 Å². The molecule has 5 heteroatoms. The highest BCUT2D eigenvalue weighted by atomic mass is 16.1. The number of nitrogens with zero attached hydrogens (tertiary/aromatic N) is 2. The van der Waals surface area contributed by atoms with Gasteiger partial charge in [-0.15, -0.1) is 0 Å². The van der Waals surface area contributed by atoms with E-state index < -0.39 is 0 Å². The van der Waals surface area contributed by atoms with Crippen LogP contribution in [0.1, 0.15) is 47.3 Å². The lowest BCUT2D eigenvalue weighted by Gasteiger charge is -2.13. The van der Waals surface area contributed by atoms with Gasteiger partial charge in [0.25, 0.3) is 5.56 Å². The maximum atomic E-state index is 12.1. The molecule has 0 spiro atoms. The number of fused-ring (bicyclic) bond motifs is 1. The van der Waals surface area contributed by atoms with E-state index >= 15 is 0 Å². The van der Waals surface area contributed by atoms with E-state index in [0.717, 1.165) is 41.2 Å². The fourth-order valence-corrected chi connectivity index (χ4v) is 3.12. The number of H-pyrrole nitrogens is 1. The Labute approximate surface area is 130 Å². The van der Waals surface area contributed by atoms with Gasteiger partial charge in [-0.3, -0.25) is 4.79 Å². The Morgan fingerprint density at radius 3 is 2.82 bits per heavy atom. The molecule has 0 aliphatic heterocycles. The second-order valence-corrected chi connectivity index (χ2v) is 6.00. The average Bonchev–Trinajstić information content (AvgIpc) is 2.72. The van der Waals surface area contributed by atoms with Crippen molar-refractivity contribution in [3.05, 3.63) is 50.8 Å². The predicted molar refractivity (Wildman–Crippen MR) is 87.2 cm³/mol. The number of aryl methyl sites for hydroxylation is 3. The maximum Gasteiger partial charge on any atom is 0.253 e. The third-order valence-corrected chi connectivity index (χ3v) is 4.30. The number of nitrogens with one attached hydrogen (secondary N) is 2. The first-order valence-corrected chi connectivity index (χ1v) is 7.91. The Balaban J connectivity index is 1.85. The van der Waals surface area contributed by atoms with Crippen LogP contribution in [0.3, 0.4) is 0 Å². The van der Waals surface area contributed by atoms with Gasteiger partial charge >= 0.3 is 0 Å². The van der Waals surface area contributed by atoms with Crippen LogP contribution in [-0.2, 0) is 19.4 Å². The van der Waals surface area contributed by atoms with E-state index in [1.807, 2.05) is 19.9 Å². The van der Waals surface area contributed by atoms with Crippen LogP contribution in [-0.4, -0.2) is 15.0 Å². The zero-order valence-corrected chi connectivity index (χ0v) is 13.2. The summed E-state index contributed by atoms with van der Waals surface area (Å²) in [5, 5.41) is 3.35. The average molecular weight is 298 g/mol. The lowest BCUT2D eigenvalue weighted by Crippen LogP contribution is -2.19. The van der Waals surface area contributed by atoms with E-state index in [9.17, 15) is 4.79 Å². The van der Waals surface area contributed by atoms with Crippen molar-refractivity contribution in [3.63, 3.8) is 0 Å². The molecule has 0 amide bonds. The third kappa shape index (κ3) is 3.03. The molecule has 22 heavy (non-hydrogen) atoms. The summed E-state index contributed by atoms with van der Waals surface area (Å²) in [6.45, 7) is 4.36.